The van der Waals surface area contributed by atoms with Crippen LogP contribution in [-0.4, -0.2) is 10.5 Å². The molecule has 0 aliphatic rings. The number of thioether (sulfide) groups is 1. The van der Waals surface area contributed by atoms with Crippen molar-refractivity contribution in [2.45, 2.75) is 10.6 Å². The lowest BCUT2D eigenvalue weighted by atomic mass is 10.1. The van der Waals surface area contributed by atoms with Gasteiger partial charge in [0.05, 0.1) is 0 Å². The van der Waals surface area contributed by atoms with E-state index in [0.717, 1.165) is 10.5 Å². The van der Waals surface area contributed by atoms with Crippen molar-refractivity contribution in [3.05, 3.63) is 65.2 Å². The standard InChI is InChI=1S/C15H10Cl2O2S/c16-14(18)11-6-7-13(12(8-11)15(17)19)20-9-10-4-2-1-3-5-10/h1-8H,9H2. The van der Waals surface area contributed by atoms with Crippen LogP contribution >= 0.6 is 35.0 Å². The van der Waals surface area contributed by atoms with Crippen molar-refractivity contribution in [3.63, 3.8) is 0 Å². The number of carbonyl (C=O) groups excluding carboxylic acids is 2. The highest BCUT2D eigenvalue weighted by atomic mass is 35.5. The van der Waals surface area contributed by atoms with Crippen LogP contribution in [0, 0.1) is 0 Å². The molecule has 0 heterocycles. The molecule has 2 nitrogen and oxygen atoms in total. The maximum Gasteiger partial charge on any atom is 0.253 e. The molecule has 0 saturated carbocycles. The maximum atomic E-state index is 11.5. The van der Waals surface area contributed by atoms with Gasteiger partial charge in [-0.15, -0.1) is 11.8 Å². The van der Waals surface area contributed by atoms with Crippen molar-refractivity contribution >= 4 is 45.4 Å². The molecule has 2 rings (SSSR count). The van der Waals surface area contributed by atoms with Crippen molar-refractivity contribution in [1.82, 2.24) is 0 Å². The molecule has 0 fully saturated rings. The third-order valence-corrected chi connectivity index (χ3v) is 4.22. The topological polar surface area (TPSA) is 34.1 Å². The van der Waals surface area contributed by atoms with E-state index in [4.69, 9.17) is 23.2 Å². The normalized spacial score (nSPS) is 10.3. The first-order chi connectivity index (χ1) is 9.58. The molecule has 0 N–H and O–H groups in total. The Kier molecular flexibility index (Phi) is 5.24. The van der Waals surface area contributed by atoms with E-state index in [1.807, 2.05) is 30.3 Å². The lowest BCUT2D eigenvalue weighted by Crippen LogP contribution is -1.97. The average Bonchev–Trinajstić information content (AvgIpc) is 2.45. The number of rotatable bonds is 5. The Balaban J connectivity index is 2.23. The van der Waals surface area contributed by atoms with E-state index in [1.54, 1.807) is 12.1 Å². The Labute approximate surface area is 131 Å². The summed E-state index contributed by atoms with van der Waals surface area (Å²) in [6.07, 6.45) is 0. The fourth-order valence-electron chi connectivity index (χ4n) is 1.67. The second-order valence-electron chi connectivity index (χ2n) is 4.03. The SMILES string of the molecule is O=C(Cl)c1ccc(SCc2ccccc2)c(C(=O)Cl)c1. The average molecular weight is 325 g/mol. The van der Waals surface area contributed by atoms with Gasteiger partial charge in [0, 0.05) is 21.8 Å². The van der Waals surface area contributed by atoms with Crippen LogP contribution in [0.1, 0.15) is 26.3 Å². The van der Waals surface area contributed by atoms with E-state index in [2.05, 4.69) is 0 Å². The summed E-state index contributed by atoms with van der Waals surface area (Å²) >= 11 is 12.5. The number of halogens is 2. The van der Waals surface area contributed by atoms with Crippen molar-refractivity contribution in [3.8, 4) is 0 Å². The summed E-state index contributed by atoms with van der Waals surface area (Å²) in [4.78, 5) is 23.3. The van der Waals surface area contributed by atoms with Gasteiger partial charge in [0.1, 0.15) is 0 Å². The first-order valence-corrected chi connectivity index (χ1v) is 7.52. The van der Waals surface area contributed by atoms with Crippen LogP contribution in [0.4, 0.5) is 0 Å². The van der Waals surface area contributed by atoms with E-state index in [0.29, 0.717) is 11.3 Å². The van der Waals surface area contributed by atoms with E-state index >= 15 is 0 Å². The first kappa shape index (κ1) is 15.1. The lowest BCUT2D eigenvalue weighted by molar-refractivity contribution is 0.107. The van der Waals surface area contributed by atoms with Gasteiger partial charge in [0.2, 0.25) is 0 Å². The first-order valence-electron chi connectivity index (χ1n) is 5.78. The number of carbonyl (C=O) groups is 2. The van der Waals surface area contributed by atoms with Gasteiger partial charge in [-0.1, -0.05) is 30.3 Å². The lowest BCUT2D eigenvalue weighted by Gasteiger charge is -2.07. The van der Waals surface area contributed by atoms with Gasteiger partial charge in [-0.25, -0.2) is 0 Å². The molecule has 2 aromatic carbocycles. The predicted octanol–water partition coefficient (Wildman–Crippen LogP) is 4.74. The highest BCUT2D eigenvalue weighted by Crippen LogP contribution is 2.28. The van der Waals surface area contributed by atoms with Crippen LogP contribution in [0.25, 0.3) is 0 Å². The fourth-order valence-corrected chi connectivity index (χ4v) is 2.98. The van der Waals surface area contributed by atoms with E-state index < -0.39 is 10.5 Å². The monoisotopic (exact) mass is 324 g/mol. The molecule has 102 valence electrons. The highest BCUT2D eigenvalue weighted by molar-refractivity contribution is 7.98. The second-order valence-corrected chi connectivity index (χ2v) is 5.74. The summed E-state index contributed by atoms with van der Waals surface area (Å²) in [5.41, 5.74) is 1.71. The number of benzene rings is 2. The predicted molar refractivity (Wildman–Crippen MR) is 82.8 cm³/mol. The fraction of sp³-hybridized carbons (Fsp3) is 0.0667. The molecule has 0 atom stereocenters. The maximum absolute atomic E-state index is 11.5. The van der Waals surface area contributed by atoms with Crippen LogP contribution in [-0.2, 0) is 5.75 Å². The van der Waals surface area contributed by atoms with E-state index in [9.17, 15) is 9.59 Å². The van der Waals surface area contributed by atoms with Gasteiger partial charge in [-0.05, 0) is 47.0 Å². The molecule has 0 radical (unpaired) electrons. The molecule has 0 bridgehead atoms. The molecule has 0 aromatic heterocycles. The summed E-state index contributed by atoms with van der Waals surface area (Å²) < 4.78 is 0. The second kappa shape index (κ2) is 6.93. The van der Waals surface area contributed by atoms with Crippen molar-refractivity contribution in [2.24, 2.45) is 0 Å². The zero-order chi connectivity index (χ0) is 14.5. The number of hydrogen-bond donors (Lipinski definition) is 0. The minimum Gasteiger partial charge on any atom is -0.276 e. The van der Waals surface area contributed by atoms with Crippen molar-refractivity contribution in [2.75, 3.05) is 0 Å². The molecule has 20 heavy (non-hydrogen) atoms. The van der Waals surface area contributed by atoms with Gasteiger partial charge in [-0.3, -0.25) is 9.59 Å². The molecular formula is C15H10Cl2O2S. The van der Waals surface area contributed by atoms with Gasteiger partial charge >= 0.3 is 0 Å². The van der Waals surface area contributed by atoms with Crippen LogP contribution < -0.4 is 0 Å². The molecule has 5 heteroatoms. The summed E-state index contributed by atoms with van der Waals surface area (Å²) in [6.45, 7) is 0. The molecule has 0 unspecified atom stereocenters. The smallest absolute Gasteiger partial charge is 0.253 e. The van der Waals surface area contributed by atoms with Crippen molar-refractivity contribution in [1.29, 1.82) is 0 Å². The molecule has 0 spiro atoms. The Bertz CT molecular complexity index is 642. The summed E-state index contributed by atoms with van der Waals surface area (Å²) in [6, 6.07) is 14.6. The molecule has 0 saturated heterocycles. The quantitative estimate of drug-likeness (QED) is 0.588. The van der Waals surface area contributed by atoms with Crippen LogP contribution in [0.15, 0.2) is 53.4 Å². The Morgan fingerprint density at radius 2 is 1.65 bits per heavy atom. The molecule has 0 aliphatic carbocycles. The van der Waals surface area contributed by atoms with Gasteiger partial charge in [0.15, 0.2) is 0 Å². The number of hydrogen-bond acceptors (Lipinski definition) is 3. The third kappa shape index (κ3) is 3.85. The molecular weight excluding hydrogens is 315 g/mol. The Morgan fingerprint density at radius 3 is 2.25 bits per heavy atom. The van der Waals surface area contributed by atoms with E-state index in [-0.39, 0.29) is 5.56 Å². The van der Waals surface area contributed by atoms with Gasteiger partial charge < -0.3 is 0 Å². The highest BCUT2D eigenvalue weighted by Gasteiger charge is 2.13. The van der Waals surface area contributed by atoms with Gasteiger partial charge in [-0.2, -0.15) is 0 Å². The molecule has 0 aliphatic heterocycles. The van der Waals surface area contributed by atoms with E-state index in [1.165, 1.54) is 17.8 Å². The van der Waals surface area contributed by atoms with Crippen LogP contribution in [0.2, 0.25) is 0 Å². The van der Waals surface area contributed by atoms with Crippen LogP contribution in [0.3, 0.4) is 0 Å². The summed E-state index contributed by atoms with van der Waals surface area (Å²) in [5, 5.41) is -1.20. The van der Waals surface area contributed by atoms with Crippen molar-refractivity contribution < 1.29 is 9.59 Å². The Morgan fingerprint density at radius 1 is 0.950 bits per heavy atom. The molecule has 0 amide bonds. The zero-order valence-corrected chi connectivity index (χ0v) is 12.6. The van der Waals surface area contributed by atoms with Gasteiger partial charge in [0.25, 0.3) is 10.5 Å². The summed E-state index contributed by atoms with van der Waals surface area (Å²) in [7, 11) is 0. The minimum atomic E-state index is -0.608. The summed E-state index contributed by atoms with van der Waals surface area (Å²) in [5.74, 6) is 0.714. The third-order valence-electron chi connectivity index (χ3n) is 2.66. The largest absolute Gasteiger partial charge is 0.276 e. The Hall–Kier alpha value is -1.29. The minimum absolute atomic E-state index is 0.264. The zero-order valence-electron chi connectivity index (χ0n) is 10.3. The molecule has 2 aromatic rings. The van der Waals surface area contributed by atoms with Crippen LogP contribution in [0.5, 0.6) is 0 Å².